The summed E-state index contributed by atoms with van der Waals surface area (Å²) in [4.78, 5) is 12.5. The smallest absolute Gasteiger partial charge is 0.220 e. The zero-order chi connectivity index (χ0) is 21.2. The average molecular weight is 402 g/mol. The predicted octanol–water partition coefficient (Wildman–Crippen LogP) is 4.31. The van der Waals surface area contributed by atoms with Crippen LogP contribution in [-0.2, 0) is 11.2 Å². The van der Waals surface area contributed by atoms with Gasteiger partial charge in [0, 0.05) is 12.0 Å². The van der Waals surface area contributed by atoms with Crippen LogP contribution in [-0.4, -0.2) is 33.3 Å². The molecule has 0 aliphatic carbocycles. The lowest BCUT2D eigenvalue weighted by atomic mass is 10.1. The van der Waals surface area contributed by atoms with Gasteiger partial charge in [-0.3, -0.25) is 4.79 Å². The first-order valence-electron chi connectivity index (χ1n) is 9.92. The van der Waals surface area contributed by atoms with E-state index in [-0.39, 0.29) is 11.9 Å². The van der Waals surface area contributed by atoms with E-state index in [1.807, 2.05) is 57.2 Å². The van der Waals surface area contributed by atoms with Crippen molar-refractivity contribution in [2.45, 2.75) is 39.7 Å². The SMILES string of the molecule is CCOc1ccc(CCC(=O)N[C@H](C)c2cc(OC)ccc2OC)cc1OCC. The lowest BCUT2D eigenvalue weighted by Crippen LogP contribution is -2.27. The van der Waals surface area contributed by atoms with Gasteiger partial charge in [0.25, 0.3) is 0 Å². The van der Waals surface area contributed by atoms with Crippen molar-refractivity contribution in [3.63, 3.8) is 0 Å². The van der Waals surface area contributed by atoms with Crippen LogP contribution < -0.4 is 24.3 Å². The molecule has 2 aromatic rings. The first-order valence-corrected chi connectivity index (χ1v) is 9.92. The van der Waals surface area contributed by atoms with Gasteiger partial charge in [-0.1, -0.05) is 6.07 Å². The molecule has 2 aromatic carbocycles. The zero-order valence-electron chi connectivity index (χ0n) is 17.9. The highest BCUT2D eigenvalue weighted by atomic mass is 16.5. The second kappa shape index (κ2) is 11.2. The third kappa shape index (κ3) is 6.31. The summed E-state index contributed by atoms with van der Waals surface area (Å²) in [7, 11) is 3.23. The Morgan fingerprint density at radius 2 is 1.62 bits per heavy atom. The number of amides is 1. The second-order valence-electron chi connectivity index (χ2n) is 6.54. The summed E-state index contributed by atoms with van der Waals surface area (Å²) in [5.74, 6) is 2.84. The fourth-order valence-corrected chi connectivity index (χ4v) is 3.08. The Bertz CT molecular complexity index is 806. The van der Waals surface area contributed by atoms with Crippen LogP contribution >= 0.6 is 0 Å². The van der Waals surface area contributed by atoms with Crippen LogP contribution in [0.4, 0.5) is 0 Å². The van der Waals surface area contributed by atoms with E-state index in [1.165, 1.54) is 0 Å². The maximum Gasteiger partial charge on any atom is 0.220 e. The number of carbonyl (C=O) groups excluding carboxylic acids is 1. The number of hydrogen-bond acceptors (Lipinski definition) is 5. The molecule has 6 heteroatoms. The van der Waals surface area contributed by atoms with E-state index < -0.39 is 0 Å². The third-order valence-corrected chi connectivity index (χ3v) is 4.53. The van der Waals surface area contributed by atoms with Gasteiger partial charge in [0.2, 0.25) is 5.91 Å². The van der Waals surface area contributed by atoms with E-state index >= 15 is 0 Å². The number of carbonyl (C=O) groups is 1. The fourth-order valence-electron chi connectivity index (χ4n) is 3.08. The van der Waals surface area contributed by atoms with Gasteiger partial charge in [0.15, 0.2) is 11.5 Å². The van der Waals surface area contributed by atoms with Gasteiger partial charge >= 0.3 is 0 Å². The maximum absolute atomic E-state index is 12.5. The first kappa shape index (κ1) is 22.4. The highest BCUT2D eigenvalue weighted by Gasteiger charge is 2.15. The van der Waals surface area contributed by atoms with Crippen molar-refractivity contribution in [3.8, 4) is 23.0 Å². The first-order chi connectivity index (χ1) is 14.0. The highest BCUT2D eigenvalue weighted by Crippen LogP contribution is 2.30. The number of ether oxygens (including phenoxy) is 4. The van der Waals surface area contributed by atoms with E-state index in [2.05, 4.69) is 5.32 Å². The minimum Gasteiger partial charge on any atom is -0.497 e. The van der Waals surface area contributed by atoms with Gasteiger partial charge in [0.05, 0.1) is 33.5 Å². The molecule has 0 aliphatic heterocycles. The van der Waals surface area contributed by atoms with Gasteiger partial charge in [-0.2, -0.15) is 0 Å². The zero-order valence-corrected chi connectivity index (χ0v) is 17.9. The summed E-state index contributed by atoms with van der Waals surface area (Å²) in [6.45, 7) is 6.94. The van der Waals surface area contributed by atoms with Crippen LogP contribution in [0.15, 0.2) is 36.4 Å². The van der Waals surface area contributed by atoms with Crippen LogP contribution in [0.3, 0.4) is 0 Å². The Morgan fingerprint density at radius 3 is 2.28 bits per heavy atom. The highest BCUT2D eigenvalue weighted by molar-refractivity contribution is 5.77. The van der Waals surface area contributed by atoms with Crippen LogP contribution in [0.1, 0.15) is 44.4 Å². The Balaban J connectivity index is 2.00. The van der Waals surface area contributed by atoms with Gasteiger partial charge < -0.3 is 24.3 Å². The molecule has 0 fully saturated rings. The molecule has 0 saturated carbocycles. The second-order valence-corrected chi connectivity index (χ2v) is 6.54. The third-order valence-electron chi connectivity index (χ3n) is 4.53. The molecule has 1 atom stereocenters. The maximum atomic E-state index is 12.5. The van der Waals surface area contributed by atoms with E-state index in [4.69, 9.17) is 18.9 Å². The molecule has 0 unspecified atom stereocenters. The number of nitrogens with one attached hydrogen (secondary N) is 1. The van der Waals surface area contributed by atoms with Crippen molar-refractivity contribution >= 4 is 5.91 Å². The van der Waals surface area contributed by atoms with Crippen molar-refractivity contribution in [2.24, 2.45) is 0 Å². The molecule has 158 valence electrons. The standard InChI is InChI=1S/C23H31NO5/c1-6-28-21-11-8-17(14-22(21)29-7-2)9-13-23(25)24-16(3)19-15-18(26-4)10-12-20(19)27-5/h8,10-12,14-16H,6-7,9,13H2,1-5H3,(H,24,25)/t16-/m1/s1. The summed E-state index contributed by atoms with van der Waals surface area (Å²) in [5, 5.41) is 3.03. The molecule has 0 aromatic heterocycles. The molecule has 29 heavy (non-hydrogen) atoms. The van der Waals surface area contributed by atoms with Crippen LogP contribution in [0, 0.1) is 0 Å². The van der Waals surface area contributed by atoms with Crippen molar-refractivity contribution in [3.05, 3.63) is 47.5 Å². The number of benzene rings is 2. The Hall–Kier alpha value is -2.89. The number of hydrogen-bond donors (Lipinski definition) is 1. The molecule has 2 rings (SSSR count). The van der Waals surface area contributed by atoms with Gasteiger partial charge in [-0.15, -0.1) is 0 Å². The molecule has 6 nitrogen and oxygen atoms in total. The average Bonchev–Trinajstić information content (AvgIpc) is 2.73. The Kier molecular flexibility index (Phi) is 8.65. The number of methoxy groups -OCH3 is 2. The largest absolute Gasteiger partial charge is 0.497 e. The van der Waals surface area contributed by atoms with E-state index in [0.29, 0.717) is 37.6 Å². The van der Waals surface area contributed by atoms with E-state index in [0.717, 1.165) is 22.6 Å². The Morgan fingerprint density at radius 1 is 0.931 bits per heavy atom. The number of aryl methyl sites for hydroxylation is 1. The molecule has 0 radical (unpaired) electrons. The summed E-state index contributed by atoms with van der Waals surface area (Å²) in [5.41, 5.74) is 1.90. The van der Waals surface area contributed by atoms with Crippen LogP contribution in [0.25, 0.3) is 0 Å². The summed E-state index contributed by atoms with van der Waals surface area (Å²) >= 11 is 0. The molecule has 1 N–H and O–H groups in total. The van der Waals surface area contributed by atoms with Gasteiger partial charge in [-0.25, -0.2) is 0 Å². The summed E-state index contributed by atoms with van der Waals surface area (Å²) < 4.78 is 21.9. The van der Waals surface area contributed by atoms with Crippen LogP contribution in [0.5, 0.6) is 23.0 Å². The number of rotatable bonds is 11. The molecule has 1 amide bonds. The molecule has 0 aliphatic rings. The van der Waals surface area contributed by atoms with Crippen molar-refractivity contribution in [1.82, 2.24) is 5.32 Å². The van der Waals surface area contributed by atoms with Crippen molar-refractivity contribution in [2.75, 3.05) is 27.4 Å². The fraction of sp³-hybridized carbons (Fsp3) is 0.435. The van der Waals surface area contributed by atoms with Crippen molar-refractivity contribution < 1.29 is 23.7 Å². The van der Waals surface area contributed by atoms with Crippen molar-refractivity contribution in [1.29, 1.82) is 0 Å². The minimum atomic E-state index is -0.202. The monoisotopic (exact) mass is 401 g/mol. The Labute approximate surface area is 173 Å². The minimum absolute atomic E-state index is 0.0331. The molecule has 0 bridgehead atoms. The lowest BCUT2D eigenvalue weighted by molar-refractivity contribution is -0.121. The normalized spacial score (nSPS) is 11.5. The molecule has 0 saturated heterocycles. The summed E-state index contributed by atoms with van der Waals surface area (Å²) in [6, 6.07) is 11.2. The van der Waals surface area contributed by atoms with Gasteiger partial charge in [0.1, 0.15) is 11.5 Å². The topological polar surface area (TPSA) is 66.0 Å². The van der Waals surface area contributed by atoms with Crippen LogP contribution in [0.2, 0.25) is 0 Å². The van der Waals surface area contributed by atoms with E-state index in [9.17, 15) is 4.79 Å². The van der Waals surface area contributed by atoms with E-state index in [1.54, 1.807) is 14.2 Å². The summed E-state index contributed by atoms with van der Waals surface area (Å²) in [6.07, 6.45) is 0.983. The predicted molar refractivity (Wildman–Crippen MR) is 113 cm³/mol. The molecule has 0 heterocycles. The van der Waals surface area contributed by atoms with Gasteiger partial charge in [-0.05, 0) is 63.1 Å². The molecule has 0 spiro atoms. The lowest BCUT2D eigenvalue weighted by Gasteiger charge is -2.18. The molecular weight excluding hydrogens is 370 g/mol. The quantitative estimate of drug-likeness (QED) is 0.608. The molecular formula is C23H31NO5.